The average Bonchev–Trinajstić information content (AvgIpc) is 1.79. The highest BCUT2D eigenvalue weighted by Gasteiger charge is 2.29. The zero-order valence-electron chi connectivity index (χ0n) is 7.78. The second kappa shape index (κ2) is 3.63. The van der Waals surface area contributed by atoms with Crippen LogP contribution in [0.15, 0.2) is 0 Å². The van der Waals surface area contributed by atoms with Crippen LogP contribution in [0.2, 0.25) is 0 Å². The van der Waals surface area contributed by atoms with Gasteiger partial charge in [0.15, 0.2) is 0 Å². The molecule has 13 heavy (non-hydrogen) atoms. The molecule has 76 valence electrons. The molecule has 1 aliphatic rings. The second-order valence-electron chi connectivity index (χ2n) is 3.38. The van der Waals surface area contributed by atoms with E-state index in [9.17, 15) is 13.2 Å². The fourth-order valence-electron chi connectivity index (χ4n) is 0.837. The predicted octanol–water partition coefficient (Wildman–Crippen LogP) is -0.291. The van der Waals surface area contributed by atoms with Crippen molar-refractivity contribution in [2.45, 2.75) is 20.3 Å². The van der Waals surface area contributed by atoms with Gasteiger partial charge in [-0.3, -0.25) is 4.79 Å². The molecule has 0 aromatic rings. The van der Waals surface area contributed by atoms with Crippen molar-refractivity contribution < 1.29 is 13.2 Å². The van der Waals surface area contributed by atoms with E-state index in [1.54, 1.807) is 13.8 Å². The number of rotatable bonds is 3. The Morgan fingerprint density at radius 3 is 2.23 bits per heavy atom. The molecule has 1 amide bonds. The minimum atomic E-state index is -3.53. The van der Waals surface area contributed by atoms with Crippen LogP contribution < -0.4 is 4.72 Å². The van der Waals surface area contributed by atoms with Crippen molar-refractivity contribution in [3.05, 3.63) is 0 Å². The molecule has 1 heterocycles. The first-order chi connectivity index (χ1) is 5.93. The Hall–Kier alpha value is -0.620. The van der Waals surface area contributed by atoms with Crippen molar-refractivity contribution >= 4 is 16.1 Å². The number of nitrogens with zero attached hydrogens (tertiary/aromatic N) is 1. The zero-order chi connectivity index (χ0) is 10.1. The smallest absolute Gasteiger partial charge is 0.274 e. The number of hydrogen-bond acceptors (Lipinski definition) is 3. The van der Waals surface area contributed by atoms with Crippen LogP contribution in [0.3, 0.4) is 0 Å². The van der Waals surface area contributed by atoms with Gasteiger partial charge < -0.3 is 0 Å². The van der Waals surface area contributed by atoms with E-state index >= 15 is 0 Å². The third-order valence-corrected chi connectivity index (χ3v) is 3.41. The van der Waals surface area contributed by atoms with Crippen LogP contribution in [-0.4, -0.2) is 31.7 Å². The third kappa shape index (κ3) is 2.41. The van der Waals surface area contributed by atoms with Crippen molar-refractivity contribution in [3.8, 4) is 0 Å². The van der Waals surface area contributed by atoms with Gasteiger partial charge >= 0.3 is 10.2 Å². The Bertz CT molecular complexity index is 293. The molecule has 0 radical (unpaired) electrons. The van der Waals surface area contributed by atoms with Crippen LogP contribution in [-0.2, 0) is 15.0 Å². The Kier molecular flexibility index (Phi) is 2.92. The first kappa shape index (κ1) is 10.5. The van der Waals surface area contributed by atoms with Crippen LogP contribution in [0.4, 0.5) is 0 Å². The second-order valence-corrected chi connectivity index (χ2v) is 5.05. The largest absolute Gasteiger partial charge is 0.303 e. The molecule has 1 saturated heterocycles. The summed E-state index contributed by atoms with van der Waals surface area (Å²) in [5, 5.41) is 0. The SMILES string of the molecule is CC(C)C(=O)NS(=O)(=O)N1CCC1. The summed E-state index contributed by atoms with van der Waals surface area (Å²) >= 11 is 0. The molecule has 0 saturated carbocycles. The van der Waals surface area contributed by atoms with E-state index in [-0.39, 0.29) is 5.92 Å². The molecule has 0 bridgehead atoms. The minimum Gasteiger partial charge on any atom is -0.274 e. The molecule has 0 aromatic heterocycles. The molecule has 1 aliphatic heterocycles. The predicted molar refractivity (Wildman–Crippen MR) is 48.1 cm³/mol. The molecule has 0 aromatic carbocycles. The van der Waals surface area contributed by atoms with E-state index in [1.807, 2.05) is 4.72 Å². The van der Waals surface area contributed by atoms with E-state index in [0.29, 0.717) is 13.1 Å². The van der Waals surface area contributed by atoms with Crippen LogP contribution in [0.5, 0.6) is 0 Å². The van der Waals surface area contributed by atoms with Gasteiger partial charge in [0.2, 0.25) is 5.91 Å². The van der Waals surface area contributed by atoms with Crippen molar-refractivity contribution in [3.63, 3.8) is 0 Å². The zero-order valence-corrected chi connectivity index (χ0v) is 8.60. The Morgan fingerprint density at radius 2 is 1.92 bits per heavy atom. The van der Waals surface area contributed by atoms with Crippen molar-refractivity contribution in [2.75, 3.05) is 13.1 Å². The van der Waals surface area contributed by atoms with E-state index in [4.69, 9.17) is 0 Å². The Balaban J connectivity index is 2.56. The quantitative estimate of drug-likeness (QED) is 0.690. The summed E-state index contributed by atoms with van der Waals surface area (Å²) in [6, 6.07) is 0. The van der Waals surface area contributed by atoms with Crippen LogP contribution >= 0.6 is 0 Å². The standard InChI is InChI=1S/C7H14N2O3S/c1-6(2)7(10)8-13(11,12)9-4-3-5-9/h6H,3-5H2,1-2H3,(H,8,10). The number of hydrogen-bond donors (Lipinski definition) is 1. The first-order valence-corrected chi connectivity index (χ1v) is 5.69. The van der Waals surface area contributed by atoms with Gasteiger partial charge in [0.25, 0.3) is 0 Å². The molecule has 0 unspecified atom stereocenters. The number of nitrogens with one attached hydrogen (secondary N) is 1. The molecule has 1 fully saturated rings. The van der Waals surface area contributed by atoms with Gasteiger partial charge in [-0.1, -0.05) is 13.8 Å². The lowest BCUT2D eigenvalue weighted by molar-refractivity contribution is -0.122. The maximum atomic E-state index is 11.3. The van der Waals surface area contributed by atoms with Crippen molar-refractivity contribution in [1.82, 2.24) is 9.03 Å². The molecular formula is C7H14N2O3S. The summed E-state index contributed by atoms with van der Waals surface area (Å²) < 4.78 is 25.9. The minimum absolute atomic E-state index is 0.309. The molecule has 0 atom stereocenters. The van der Waals surface area contributed by atoms with Gasteiger partial charge in [0, 0.05) is 19.0 Å². The summed E-state index contributed by atoms with van der Waals surface area (Å²) in [5.41, 5.74) is 0. The van der Waals surface area contributed by atoms with Crippen LogP contribution in [0.1, 0.15) is 20.3 Å². The lowest BCUT2D eigenvalue weighted by Crippen LogP contribution is -2.50. The van der Waals surface area contributed by atoms with E-state index in [1.165, 1.54) is 4.31 Å². The van der Waals surface area contributed by atoms with Gasteiger partial charge in [0.05, 0.1) is 0 Å². The van der Waals surface area contributed by atoms with Gasteiger partial charge in [-0.05, 0) is 6.42 Å². The third-order valence-electron chi connectivity index (χ3n) is 1.91. The van der Waals surface area contributed by atoms with E-state index in [2.05, 4.69) is 0 Å². The fourth-order valence-corrected chi connectivity index (χ4v) is 2.20. The lowest BCUT2D eigenvalue weighted by Gasteiger charge is -2.29. The van der Waals surface area contributed by atoms with Crippen LogP contribution in [0.25, 0.3) is 0 Å². The maximum absolute atomic E-state index is 11.3. The monoisotopic (exact) mass is 206 g/mol. The first-order valence-electron chi connectivity index (χ1n) is 4.25. The topological polar surface area (TPSA) is 66.5 Å². The molecule has 1 N–H and O–H groups in total. The summed E-state index contributed by atoms with van der Waals surface area (Å²) in [6.07, 6.45) is 0.872. The molecule has 0 aliphatic carbocycles. The van der Waals surface area contributed by atoms with Crippen molar-refractivity contribution in [1.29, 1.82) is 0 Å². The highest BCUT2D eigenvalue weighted by Crippen LogP contribution is 2.10. The van der Waals surface area contributed by atoms with Gasteiger partial charge in [-0.25, -0.2) is 4.72 Å². The van der Waals surface area contributed by atoms with Crippen LogP contribution in [0, 0.1) is 5.92 Å². The van der Waals surface area contributed by atoms with Gasteiger partial charge in [-0.15, -0.1) is 0 Å². The number of carbonyl (C=O) groups is 1. The van der Waals surface area contributed by atoms with Gasteiger partial charge in [-0.2, -0.15) is 12.7 Å². The average molecular weight is 206 g/mol. The summed E-state index contributed by atoms with van der Waals surface area (Å²) in [4.78, 5) is 11.1. The Morgan fingerprint density at radius 1 is 1.38 bits per heavy atom. The molecule has 6 heteroatoms. The summed E-state index contributed by atoms with van der Waals surface area (Å²) in [5.74, 6) is -0.761. The normalized spacial score (nSPS) is 18.4. The van der Waals surface area contributed by atoms with Gasteiger partial charge in [0.1, 0.15) is 0 Å². The van der Waals surface area contributed by atoms with E-state index < -0.39 is 16.1 Å². The summed E-state index contributed by atoms with van der Waals surface area (Å²) in [7, 11) is -3.53. The van der Waals surface area contributed by atoms with E-state index in [0.717, 1.165) is 6.42 Å². The Labute approximate surface area is 78.3 Å². The highest BCUT2D eigenvalue weighted by atomic mass is 32.2. The fraction of sp³-hybridized carbons (Fsp3) is 0.857. The summed E-state index contributed by atoms with van der Waals surface area (Å²) in [6.45, 7) is 4.34. The number of carbonyl (C=O) groups excluding carboxylic acids is 1. The molecule has 0 spiro atoms. The molecular weight excluding hydrogens is 192 g/mol. The highest BCUT2D eigenvalue weighted by molar-refractivity contribution is 7.87. The van der Waals surface area contributed by atoms with Crippen molar-refractivity contribution in [2.24, 2.45) is 5.92 Å². The molecule has 5 nitrogen and oxygen atoms in total. The lowest BCUT2D eigenvalue weighted by atomic mass is 10.2. The molecule has 1 rings (SSSR count). The number of amides is 1. The maximum Gasteiger partial charge on any atom is 0.303 e.